The average molecular weight is 227 g/mol. The molecule has 0 saturated heterocycles. The predicted molar refractivity (Wildman–Crippen MR) is 57.9 cm³/mol. The molecule has 80 valence electrons. The second-order valence-corrected chi connectivity index (χ2v) is 3.82. The Morgan fingerprint density at radius 3 is 2.93 bits per heavy atom. The van der Waals surface area contributed by atoms with Crippen LogP contribution in [0.5, 0.6) is 0 Å². The molecule has 1 atom stereocenters. The summed E-state index contributed by atoms with van der Waals surface area (Å²) >= 11 is 5.63. The molecule has 0 aliphatic heterocycles. The lowest BCUT2D eigenvalue weighted by molar-refractivity contribution is 0.598. The summed E-state index contributed by atoms with van der Waals surface area (Å²) in [5.74, 6) is -0.438. The van der Waals surface area contributed by atoms with Crippen molar-refractivity contribution in [2.45, 2.75) is 13.5 Å². The Morgan fingerprint density at radius 2 is 2.33 bits per heavy atom. The Balaban J connectivity index is 2.45. The molecule has 1 N–H and O–H groups in total. The zero-order chi connectivity index (χ0) is 11.3. The lowest BCUT2D eigenvalue weighted by Crippen LogP contribution is -2.19. The first-order valence-corrected chi connectivity index (χ1v) is 5.05. The van der Waals surface area contributed by atoms with Crippen molar-refractivity contribution in [1.29, 1.82) is 5.26 Å². The van der Waals surface area contributed by atoms with Crippen LogP contribution in [0.4, 0.5) is 4.39 Å². The van der Waals surface area contributed by atoms with E-state index in [1.54, 1.807) is 12.1 Å². The molecule has 0 aliphatic rings. The van der Waals surface area contributed by atoms with Gasteiger partial charge in [-0.1, -0.05) is 17.7 Å². The third-order valence-electron chi connectivity index (χ3n) is 1.98. The monoisotopic (exact) mass is 226 g/mol. The predicted octanol–water partition coefficient (Wildman–Crippen LogP) is 2.73. The van der Waals surface area contributed by atoms with Crippen molar-refractivity contribution < 1.29 is 4.39 Å². The zero-order valence-electron chi connectivity index (χ0n) is 8.43. The van der Waals surface area contributed by atoms with Crippen LogP contribution in [0.25, 0.3) is 0 Å². The molecule has 0 bridgehead atoms. The van der Waals surface area contributed by atoms with Crippen LogP contribution < -0.4 is 5.32 Å². The first-order chi connectivity index (χ1) is 7.13. The molecule has 0 saturated carbocycles. The van der Waals surface area contributed by atoms with Crippen LogP contribution in [0.3, 0.4) is 0 Å². The van der Waals surface area contributed by atoms with Crippen molar-refractivity contribution in [3.8, 4) is 6.07 Å². The van der Waals surface area contributed by atoms with Gasteiger partial charge >= 0.3 is 0 Å². The van der Waals surface area contributed by atoms with E-state index in [-0.39, 0.29) is 10.9 Å². The summed E-state index contributed by atoms with van der Waals surface area (Å²) in [5, 5.41) is 11.8. The third kappa shape index (κ3) is 3.86. The van der Waals surface area contributed by atoms with Gasteiger partial charge in [0.25, 0.3) is 0 Å². The number of nitrogens with zero attached hydrogens (tertiary/aromatic N) is 1. The van der Waals surface area contributed by atoms with Gasteiger partial charge in [0, 0.05) is 13.1 Å². The molecular formula is C11H12ClFN2. The zero-order valence-corrected chi connectivity index (χ0v) is 9.18. The van der Waals surface area contributed by atoms with Crippen LogP contribution in [0, 0.1) is 23.1 Å². The fraction of sp³-hybridized carbons (Fsp3) is 0.364. The van der Waals surface area contributed by atoms with Crippen molar-refractivity contribution in [2.75, 3.05) is 6.54 Å². The number of hydrogen-bond donors (Lipinski definition) is 1. The van der Waals surface area contributed by atoms with Crippen LogP contribution >= 0.6 is 11.6 Å². The van der Waals surface area contributed by atoms with Crippen molar-refractivity contribution in [3.63, 3.8) is 0 Å². The van der Waals surface area contributed by atoms with Gasteiger partial charge in [-0.05, 0) is 24.6 Å². The summed E-state index contributed by atoms with van der Waals surface area (Å²) in [7, 11) is 0. The molecule has 15 heavy (non-hydrogen) atoms. The van der Waals surface area contributed by atoms with E-state index in [9.17, 15) is 4.39 Å². The van der Waals surface area contributed by atoms with Gasteiger partial charge in [-0.25, -0.2) is 4.39 Å². The summed E-state index contributed by atoms with van der Waals surface area (Å²) < 4.78 is 12.8. The molecule has 0 fully saturated rings. The maximum absolute atomic E-state index is 12.8. The standard InChI is InChI=1S/C11H12ClFN2/c1-8(5-14)6-15-7-9-2-3-11(13)10(12)4-9/h2-4,8,15H,6-7H2,1H3. The van der Waals surface area contributed by atoms with Gasteiger partial charge in [0.1, 0.15) is 5.82 Å². The van der Waals surface area contributed by atoms with Crippen molar-refractivity contribution in [1.82, 2.24) is 5.32 Å². The average Bonchev–Trinajstić information content (AvgIpc) is 2.23. The first kappa shape index (κ1) is 12.0. The first-order valence-electron chi connectivity index (χ1n) is 4.67. The summed E-state index contributed by atoms with van der Waals surface area (Å²) in [6.07, 6.45) is 0. The number of nitriles is 1. The van der Waals surface area contributed by atoms with Gasteiger partial charge in [0.2, 0.25) is 0 Å². The lowest BCUT2D eigenvalue weighted by atomic mass is 10.2. The highest BCUT2D eigenvalue weighted by Gasteiger charge is 2.02. The van der Waals surface area contributed by atoms with Crippen molar-refractivity contribution in [2.24, 2.45) is 5.92 Å². The molecule has 0 aliphatic carbocycles. The number of halogens is 2. The minimum atomic E-state index is -0.411. The van der Waals surface area contributed by atoms with E-state index in [0.717, 1.165) is 5.56 Å². The Morgan fingerprint density at radius 1 is 1.60 bits per heavy atom. The normalized spacial score (nSPS) is 12.1. The number of nitrogens with one attached hydrogen (secondary N) is 1. The van der Waals surface area contributed by atoms with Gasteiger partial charge in [-0.15, -0.1) is 0 Å². The summed E-state index contributed by atoms with van der Waals surface area (Å²) in [6, 6.07) is 6.72. The molecule has 1 rings (SSSR count). The van der Waals surface area contributed by atoms with E-state index in [1.165, 1.54) is 6.07 Å². The molecule has 0 heterocycles. The molecule has 1 unspecified atom stereocenters. The van der Waals surface area contributed by atoms with E-state index in [4.69, 9.17) is 16.9 Å². The SMILES string of the molecule is CC(C#N)CNCc1ccc(F)c(Cl)c1. The highest BCUT2D eigenvalue weighted by atomic mass is 35.5. The smallest absolute Gasteiger partial charge is 0.141 e. The van der Waals surface area contributed by atoms with Gasteiger partial charge < -0.3 is 5.32 Å². The van der Waals surface area contributed by atoms with Gasteiger partial charge in [-0.2, -0.15) is 5.26 Å². The van der Waals surface area contributed by atoms with Gasteiger partial charge in [0.15, 0.2) is 0 Å². The number of benzene rings is 1. The lowest BCUT2D eigenvalue weighted by Gasteiger charge is -2.06. The molecule has 4 heteroatoms. The maximum atomic E-state index is 12.8. The number of hydrogen-bond acceptors (Lipinski definition) is 2. The van der Waals surface area contributed by atoms with Crippen LogP contribution in [-0.2, 0) is 6.54 Å². The molecule has 0 aromatic heterocycles. The van der Waals surface area contributed by atoms with Crippen LogP contribution in [0.15, 0.2) is 18.2 Å². The fourth-order valence-electron chi connectivity index (χ4n) is 1.13. The molecule has 1 aromatic carbocycles. The topological polar surface area (TPSA) is 35.8 Å². The van der Waals surface area contributed by atoms with Crippen LogP contribution in [0.2, 0.25) is 5.02 Å². The minimum Gasteiger partial charge on any atom is -0.311 e. The molecular weight excluding hydrogens is 215 g/mol. The van der Waals surface area contributed by atoms with E-state index in [1.807, 2.05) is 6.92 Å². The molecule has 0 radical (unpaired) electrons. The second-order valence-electron chi connectivity index (χ2n) is 3.41. The van der Waals surface area contributed by atoms with Crippen LogP contribution in [-0.4, -0.2) is 6.54 Å². The van der Waals surface area contributed by atoms with Gasteiger partial charge in [-0.3, -0.25) is 0 Å². The molecule has 0 amide bonds. The third-order valence-corrected chi connectivity index (χ3v) is 2.27. The molecule has 1 aromatic rings. The largest absolute Gasteiger partial charge is 0.311 e. The minimum absolute atomic E-state index is 0.0269. The van der Waals surface area contributed by atoms with Crippen LogP contribution in [0.1, 0.15) is 12.5 Å². The highest BCUT2D eigenvalue weighted by molar-refractivity contribution is 6.30. The van der Waals surface area contributed by atoms with E-state index in [0.29, 0.717) is 13.1 Å². The van der Waals surface area contributed by atoms with Gasteiger partial charge in [0.05, 0.1) is 17.0 Å². The summed E-state index contributed by atoms with van der Waals surface area (Å²) in [4.78, 5) is 0. The quantitative estimate of drug-likeness (QED) is 0.857. The van der Waals surface area contributed by atoms with E-state index in [2.05, 4.69) is 11.4 Å². The molecule has 0 spiro atoms. The van der Waals surface area contributed by atoms with E-state index < -0.39 is 5.82 Å². The Labute approximate surface area is 93.7 Å². The highest BCUT2D eigenvalue weighted by Crippen LogP contribution is 2.15. The molecule has 2 nitrogen and oxygen atoms in total. The maximum Gasteiger partial charge on any atom is 0.141 e. The van der Waals surface area contributed by atoms with Crippen molar-refractivity contribution in [3.05, 3.63) is 34.6 Å². The Hall–Kier alpha value is -1.11. The Bertz CT molecular complexity index is 373. The second kappa shape index (κ2) is 5.69. The van der Waals surface area contributed by atoms with Crippen molar-refractivity contribution >= 4 is 11.6 Å². The summed E-state index contributed by atoms with van der Waals surface area (Å²) in [6.45, 7) is 3.04. The summed E-state index contributed by atoms with van der Waals surface area (Å²) in [5.41, 5.74) is 0.909. The van der Waals surface area contributed by atoms with E-state index >= 15 is 0 Å². The Kier molecular flexibility index (Phi) is 4.54. The number of rotatable bonds is 4. The fourth-order valence-corrected chi connectivity index (χ4v) is 1.33.